The smallest absolute Gasteiger partial charge is 0.320 e. The number of carboxylic acids is 1. The zero-order valence-electron chi connectivity index (χ0n) is 9.87. The van der Waals surface area contributed by atoms with E-state index in [-0.39, 0.29) is 0 Å². The Bertz CT molecular complexity index is 160. The van der Waals surface area contributed by atoms with Crippen molar-refractivity contribution in [2.45, 2.75) is 70.8 Å². The molecule has 0 saturated carbocycles. The normalized spacial score (nSPS) is 12.7. The molecular weight excluding hydrogens is 190 g/mol. The van der Waals surface area contributed by atoms with Crippen LogP contribution in [0.15, 0.2) is 0 Å². The topological polar surface area (TPSA) is 63.3 Å². The highest BCUT2D eigenvalue weighted by molar-refractivity contribution is 5.72. The number of carbonyl (C=O) groups is 1. The van der Waals surface area contributed by atoms with E-state index in [1.165, 1.54) is 38.5 Å². The summed E-state index contributed by atoms with van der Waals surface area (Å²) >= 11 is 0. The Balaban J connectivity index is 3.08. The molecule has 0 saturated heterocycles. The number of rotatable bonds is 10. The molecule has 0 aromatic heterocycles. The van der Waals surface area contributed by atoms with Gasteiger partial charge in [0.15, 0.2) is 0 Å². The van der Waals surface area contributed by atoms with Crippen molar-refractivity contribution < 1.29 is 9.90 Å². The monoisotopic (exact) mass is 215 g/mol. The minimum Gasteiger partial charge on any atom is -0.480 e. The summed E-state index contributed by atoms with van der Waals surface area (Å²) in [5.74, 6) is -0.877. The van der Waals surface area contributed by atoms with Gasteiger partial charge >= 0.3 is 5.97 Å². The maximum Gasteiger partial charge on any atom is 0.320 e. The lowest BCUT2D eigenvalue weighted by molar-refractivity contribution is -0.138. The van der Waals surface area contributed by atoms with Crippen molar-refractivity contribution in [3.05, 3.63) is 0 Å². The Morgan fingerprint density at radius 2 is 1.53 bits per heavy atom. The van der Waals surface area contributed by atoms with E-state index in [1.54, 1.807) is 0 Å². The summed E-state index contributed by atoms with van der Waals surface area (Å²) in [6.07, 6.45) is 10.5. The number of hydrogen-bond acceptors (Lipinski definition) is 2. The minimum absolute atomic E-state index is 0.615. The van der Waals surface area contributed by atoms with E-state index in [2.05, 4.69) is 6.92 Å². The fourth-order valence-electron chi connectivity index (χ4n) is 1.62. The van der Waals surface area contributed by atoms with Gasteiger partial charge in [0.25, 0.3) is 0 Å². The zero-order valence-corrected chi connectivity index (χ0v) is 9.87. The van der Waals surface area contributed by atoms with Gasteiger partial charge in [-0.05, 0) is 6.42 Å². The second-order valence-electron chi connectivity index (χ2n) is 4.21. The number of unbranched alkanes of at least 4 members (excludes halogenated alkanes) is 7. The molecule has 15 heavy (non-hydrogen) atoms. The molecule has 3 heteroatoms. The van der Waals surface area contributed by atoms with E-state index < -0.39 is 12.0 Å². The average Bonchev–Trinajstić information content (AvgIpc) is 2.21. The summed E-state index contributed by atoms with van der Waals surface area (Å²) in [5, 5.41) is 8.56. The summed E-state index contributed by atoms with van der Waals surface area (Å²) in [7, 11) is 0. The van der Waals surface area contributed by atoms with E-state index in [0.29, 0.717) is 6.42 Å². The molecular formula is C12H25NO2. The molecule has 0 aromatic carbocycles. The van der Waals surface area contributed by atoms with Crippen molar-refractivity contribution >= 4 is 5.97 Å². The molecule has 0 spiro atoms. The molecule has 0 aromatic rings. The lowest BCUT2D eigenvalue weighted by atomic mass is 10.1. The number of carboxylic acid groups (broad SMARTS) is 1. The highest BCUT2D eigenvalue weighted by Gasteiger charge is 2.09. The second-order valence-corrected chi connectivity index (χ2v) is 4.21. The molecule has 0 aliphatic rings. The van der Waals surface area contributed by atoms with E-state index in [9.17, 15) is 4.79 Å². The maximum absolute atomic E-state index is 10.4. The van der Waals surface area contributed by atoms with Gasteiger partial charge in [0.05, 0.1) is 0 Å². The molecule has 0 rings (SSSR count). The molecule has 1 atom stereocenters. The highest BCUT2D eigenvalue weighted by atomic mass is 16.4. The first-order valence-electron chi connectivity index (χ1n) is 6.17. The van der Waals surface area contributed by atoms with Crippen LogP contribution in [0.4, 0.5) is 0 Å². The van der Waals surface area contributed by atoms with Crippen LogP contribution in [0.25, 0.3) is 0 Å². The van der Waals surface area contributed by atoms with Crippen LogP contribution in [0.1, 0.15) is 64.7 Å². The highest BCUT2D eigenvalue weighted by Crippen LogP contribution is 2.10. The van der Waals surface area contributed by atoms with Crippen LogP contribution in [-0.2, 0) is 4.79 Å². The van der Waals surface area contributed by atoms with E-state index in [1.807, 2.05) is 0 Å². The van der Waals surface area contributed by atoms with Gasteiger partial charge in [-0.1, -0.05) is 58.3 Å². The summed E-state index contributed by atoms with van der Waals surface area (Å²) < 4.78 is 0. The van der Waals surface area contributed by atoms with Crippen molar-refractivity contribution in [1.82, 2.24) is 0 Å². The van der Waals surface area contributed by atoms with Crippen LogP contribution < -0.4 is 5.73 Å². The van der Waals surface area contributed by atoms with E-state index in [0.717, 1.165) is 12.8 Å². The summed E-state index contributed by atoms with van der Waals surface area (Å²) in [6, 6.07) is -0.662. The molecule has 0 amide bonds. The molecule has 3 N–H and O–H groups in total. The molecule has 0 aliphatic heterocycles. The molecule has 3 nitrogen and oxygen atoms in total. The Morgan fingerprint density at radius 3 is 2.00 bits per heavy atom. The molecule has 0 heterocycles. The van der Waals surface area contributed by atoms with E-state index in [4.69, 9.17) is 10.8 Å². The van der Waals surface area contributed by atoms with Crippen LogP contribution >= 0.6 is 0 Å². The number of nitrogens with two attached hydrogens (primary N) is 1. The number of hydrogen-bond donors (Lipinski definition) is 2. The van der Waals surface area contributed by atoms with Gasteiger partial charge in [0, 0.05) is 0 Å². The van der Waals surface area contributed by atoms with Gasteiger partial charge < -0.3 is 10.8 Å². The molecule has 0 fully saturated rings. The van der Waals surface area contributed by atoms with Crippen LogP contribution in [0.2, 0.25) is 0 Å². The molecule has 0 aliphatic carbocycles. The van der Waals surface area contributed by atoms with E-state index >= 15 is 0 Å². The Labute approximate surface area is 93.0 Å². The molecule has 0 bridgehead atoms. The standard InChI is InChI=1S/C12H25NO2/c1-2-3-4-5-6-7-8-9-10-11(13)12(14)15/h11H,2-10,13H2,1H3,(H,14,15). The van der Waals surface area contributed by atoms with Gasteiger partial charge in [0.1, 0.15) is 6.04 Å². The number of aliphatic carboxylic acids is 1. The van der Waals surface area contributed by atoms with Crippen molar-refractivity contribution in [1.29, 1.82) is 0 Å². The van der Waals surface area contributed by atoms with Crippen molar-refractivity contribution in [2.24, 2.45) is 5.73 Å². The van der Waals surface area contributed by atoms with Crippen LogP contribution in [0.3, 0.4) is 0 Å². The summed E-state index contributed by atoms with van der Waals surface area (Å²) in [4.78, 5) is 10.4. The third kappa shape index (κ3) is 9.73. The van der Waals surface area contributed by atoms with Gasteiger partial charge in [0.2, 0.25) is 0 Å². The van der Waals surface area contributed by atoms with Crippen molar-refractivity contribution in [3.63, 3.8) is 0 Å². The largest absolute Gasteiger partial charge is 0.480 e. The maximum atomic E-state index is 10.4. The lowest BCUT2D eigenvalue weighted by Crippen LogP contribution is -2.29. The summed E-state index contributed by atoms with van der Waals surface area (Å²) in [5.41, 5.74) is 5.40. The molecule has 1 unspecified atom stereocenters. The Hall–Kier alpha value is -0.570. The third-order valence-corrected chi connectivity index (χ3v) is 2.69. The predicted octanol–water partition coefficient (Wildman–Crippen LogP) is 2.93. The Kier molecular flexibility index (Phi) is 9.59. The van der Waals surface area contributed by atoms with Gasteiger partial charge in [-0.3, -0.25) is 4.79 Å². The summed E-state index contributed by atoms with van der Waals surface area (Å²) in [6.45, 7) is 2.22. The predicted molar refractivity (Wildman–Crippen MR) is 62.8 cm³/mol. The molecule has 0 radical (unpaired) electrons. The fraction of sp³-hybridized carbons (Fsp3) is 0.917. The first-order chi connectivity index (χ1) is 7.18. The van der Waals surface area contributed by atoms with Crippen LogP contribution in [-0.4, -0.2) is 17.1 Å². The third-order valence-electron chi connectivity index (χ3n) is 2.69. The lowest BCUT2D eigenvalue weighted by Gasteiger charge is -2.05. The van der Waals surface area contributed by atoms with Crippen LogP contribution in [0, 0.1) is 0 Å². The quantitative estimate of drug-likeness (QED) is 0.551. The van der Waals surface area contributed by atoms with Crippen molar-refractivity contribution in [2.75, 3.05) is 0 Å². The SMILES string of the molecule is CCCCCCCCCCC(N)C(=O)O. The average molecular weight is 215 g/mol. The van der Waals surface area contributed by atoms with Gasteiger partial charge in [-0.2, -0.15) is 0 Å². The molecule has 90 valence electrons. The first kappa shape index (κ1) is 14.4. The zero-order chi connectivity index (χ0) is 11.5. The fourth-order valence-corrected chi connectivity index (χ4v) is 1.62. The van der Waals surface area contributed by atoms with Crippen LogP contribution in [0.5, 0.6) is 0 Å². The van der Waals surface area contributed by atoms with Gasteiger partial charge in [-0.15, -0.1) is 0 Å². The van der Waals surface area contributed by atoms with Crippen molar-refractivity contribution in [3.8, 4) is 0 Å². The first-order valence-corrected chi connectivity index (χ1v) is 6.17. The Morgan fingerprint density at radius 1 is 1.07 bits per heavy atom. The minimum atomic E-state index is -0.877. The second kappa shape index (κ2) is 9.97. The van der Waals surface area contributed by atoms with Gasteiger partial charge in [-0.25, -0.2) is 0 Å².